The number of halogens is 5. The molecule has 1 unspecified atom stereocenters. The van der Waals surface area contributed by atoms with Crippen molar-refractivity contribution < 1.29 is 27.1 Å². The van der Waals surface area contributed by atoms with E-state index in [9.17, 15) is 22.4 Å². The molecule has 5 rings (SSSR count). The molecule has 0 radical (unpaired) electrons. The molecule has 1 spiro atoms. The third kappa shape index (κ3) is 4.30. The van der Waals surface area contributed by atoms with Crippen LogP contribution in [-0.2, 0) is 22.3 Å². The highest BCUT2D eigenvalue weighted by Crippen LogP contribution is 2.44. The van der Waals surface area contributed by atoms with Gasteiger partial charge in [-0.05, 0) is 48.2 Å². The summed E-state index contributed by atoms with van der Waals surface area (Å²) in [5.41, 5.74) is -0.610. The van der Waals surface area contributed by atoms with Gasteiger partial charge in [-0.25, -0.2) is 4.39 Å². The van der Waals surface area contributed by atoms with Crippen LogP contribution < -0.4 is 5.32 Å². The van der Waals surface area contributed by atoms with E-state index >= 15 is 0 Å². The topological polar surface area (TPSA) is 48.1 Å². The maximum absolute atomic E-state index is 13.5. The standard InChI is InChI=1S/C24H24ClF4N3O2/c25-19-3-1-2-18(24(27,28)29)17(19)12-31-10-8-23(9-11-31)22(33)30-14-32(23)21(20-13-34-20)15-4-6-16(26)7-5-15/h1-7,20-21H,8-14H2,(H,30,33)/t20?,21-/m1/s1. The monoisotopic (exact) mass is 497 g/mol. The van der Waals surface area contributed by atoms with Crippen LogP contribution in [-0.4, -0.2) is 53.7 Å². The zero-order valence-corrected chi connectivity index (χ0v) is 19.0. The average molecular weight is 498 g/mol. The average Bonchev–Trinajstić information content (AvgIpc) is 3.59. The molecule has 0 bridgehead atoms. The van der Waals surface area contributed by atoms with Gasteiger partial charge in [0.05, 0.1) is 24.9 Å². The number of nitrogens with zero attached hydrogens (tertiary/aromatic N) is 2. The Morgan fingerprint density at radius 2 is 1.82 bits per heavy atom. The largest absolute Gasteiger partial charge is 0.416 e. The molecule has 34 heavy (non-hydrogen) atoms. The molecule has 2 atom stereocenters. The number of benzene rings is 2. The van der Waals surface area contributed by atoms with E-state index in [0.717, 1.165) is 11.6 Å². The van der Waals surface area contributed by atoms with E-state index in [1.807, 2.05) is 4.90 Å². The molecular weight excluding hydrogens is 474 g/mol. The van der Waals surface area contributed by atoms with Crippen molar-refractivity contribution >= 4 is 17.5 Å². The Morgan fingerprint density at radius 1 is 1.15 bits per heavy atom. The molecule has 1 N–H and O–H groups in total. The van der Waals surface area contributed by atoms with Crippen LogP contribution in [0, 0.1) is 5.82 Å². The number of carbonyl (C=O) groups excluding carboxylic acids is 1. The van der Waals surface area contributed by atoms with Crippen molar-refractivity contribution in [3.8, 4) is 0 Å². The van der Waals surface area contributed by atoms with Gasteiger partial charge in [0.1, 0.15) is 17.5 Å². The number of alkyl halides is 3. The minimum absolute atomic E-state index is 0.0518. The first-order valence-corrected chi connectivity index (χ1v) is 11.6. The number of likely N-dealkylation sites (tertiary alicyclic amines) is 1. The van der Waals surface area contributed by atoms with Gasteiger partial charge in [0.2, 0.25) is 5.91 Å². The van der Waals surface area contributed by atoms with E-state index in [-0.39, 0.29) is 41.0 Å². The third-order valence-corrected chi connectivity index (χ3v) is 7.48. The van der Waals surface area contributed by atoms with Crippen molar-refractivity contribution in [1.29, 1.82) is 0 Å². The number of piperidine rings is 1. The van der Waals surface area contributed by atoms with Crippen LogP contribution in [0.4, 0.5) is 17.6 Å². The van der Waals surface area contributed by atoms with Gasteiger partial charge in [-0.3, -0.25) is 14.6 Å². The summed E-state index contributed by atoms with van der Waals surface area (Å²) >= 11 is 6.14. The summed E-state index contributed by atoms with van der Waals surface area (Å²) < 4.78 is 59.6. The summed E-state index contributed by atoms with van der Waals surface area (Å²) in [4.78, 5) is 17.1. The lowest BCUT2D eigenvalue weighted by molar-refractivity contribution is -0.138. The van der Waals surface area contributed by atoms with Gasteiger partial charge in [0.15, 0.2) is 0 Å². The zero-order chi connectivity index (χ0) is 24.1. The SMILES string of the molecule is O=C1NCN([C@H](c2ccc(F)cc2)C2CO2)C12CCN(Cc1c(Cl)cccc1C(F)(F)F)CC2. The van der Waals surface area contributed by atoms with Crippen LogP contribution >= 0.6 is 11.6 Å². The van der Waals surface area contributed by atoms with Crippen molar-refractivity contribution in [2.45, 2.75) is 43.2 Å². The molecule has 0 aromatic heterocycles. The third-order valence-electron chi connectivity index (χ3n) is 7.13. The normalized spacial score (nSPS) is 23.8. The Bertz CT molecular complexity index is 1070. The number of nitrogens with one attached hydrogen (secondary N) is 1. The highest BCUT2D eigenvalue weighted by atomic mass is 35.5. The van der Waals surface area contributed by atoms with Crippen LogP contribution in [0.3, 0.4) is 0 Å². The van der Waals surface area contributed by atoms with Gasteiger partial charge < -0.3 is 10.1 Å². The van der Waals surface area contributed by atoms with Crippen LogP contribution in [0.15, 0.2) is 42.5 Å². The predicted octanol–water partition coefficient (Wildman–Crippen LogP) is 4.36. The van der Waals surface area contributed by atoms with Crippen molar-refractivity contribution in [3.05, 3.63) is 70.0 Å². The summed E-state index contributed by atoms with van der Waals surface area (Å²) in [6.07, 6.45) is -3.68. The number of ether oxygens (including phenoxy) is 1. The molecule has 3 aliphatic heterocycles. The maximum Gasteiger partial charge on any atom is 0.416 e. The van der Waals surface area contributed by atoms with Gasteiger partial charge in [0.25, 0.3) is 0 Å². The van der Waals surface area contributed by atoms with Crippen LogP contribution in [0.5, 0.6) is 0 Å². The molecule has 3 aliphatic rings. The van der Waals surface area contributed by atoms with Gasteiger partial charge in [-0.1, -0.05) is 29.8 Å². The number of hydrogen-bond acceptors (Lipinski definition) is 4. The van der Waals surface area contributed by atoms with Crippen LogP contribution in [0.2, 0.25) is 5.02 Å². The first-order valence-electron chi connectivity index (χ1n) is 11.2. The van der Waals surface area contributed by atoms with E-state index in [1.165, 1.54) is 24.3 Å². The first kappa shape index (κ1) is 23.5. The zero-order valence-electron chi connectivity index (χ0n) is 18.2. The molecule has 10 heteroatoms. The number of carbonyl (C=O) groups is 1. The van der Waals surface area contributed by atoms with Crippen LogP contribution in [0.1, 0.15) is 35.6 Å². The van der Waals surface area contributed by atoms with Crippen molar-refractivity contribution in [2.24, 2.45) is 0 Å². The lowest BCUT2D eigenvalue weighted by atomic mass is 9.83. The lowest BCUT2D eigenvalue weighted by Crippen LogP contribution is -2.57. The molecule has 5 nitrogen and oxygen atoms in total. The molecular formula is C24H24ClF4N3O2. The fraction of sp³-hybridized carbons (Fsp3) is 0.458. The summed E-state index contributed by atoms with van der Waals surface area (Å²) in [7, 11) is 0. The Hall–Kier alpha value is -2.20. The summed E-state index contributed by atoms with van der Waals surface area (Å²) in [5, 5.41) is 3.03. The first-order chi connectivity index (χ1) is 16.2. The molecule has 2 aromatic carbocycles. The summed E-state index contributed by atoms with van der Waals surface area (Å²) in [5.74, 6) is -0.427. The fourth-order valence-corrected chi connectivity index (χ4v) is 5.50. The molecule has 3 heterocycles. The molecule has 3 saturated heterocycles. The van der Waals surface area contributed by atoms with E-state index < -0.39 is 17.3 Å². The smallest absolute Gasteiger partial charge is 0.371 e. The predicted molar refractivity (Wildman–Crippen MR) is 117 cm³/mol. The highest BCUT2D eigenvalue weighted by molar-refractivity contribution is 6.31. The quantitative estimate of drug-likeness (QED) is 0.492. The number of rotatable bonds is 5. The second-order valence-electron chi connectivity index (χ2n) is 9.07. The molecule has 0 aliphatic carbocycles. The van der Waals surface area contributed by atoms with Crippen molar-refractivity contribution in [1.82, 2.24) is 15.1 Å². The molecule has 1 amide bonds. The second-order valence-corrected chi connectivity index (χ2v) is 9.48. The number of hydrogen-bond donors (Lipinski definition) is 1. The second kappa shape index (κ2) is 8.78. The lowest BCUT2D eigenvalue weighted by Gasteiger charge is -2.45. The molecule has 2 aromatic rings. The molecule has 3 fully saturated rings. The van der Waals surface area contributed by atoms with E-state index in [1.54, 1.807) is 12.1 Å². The number of amides is 1. The fourth-order valence-electron chi connectivity index (χ4n) is 5.26. The van der Waals surface area contributed by atoms with Gasteiger partial charge in [0, 0.05) is 24.7 Å². The number of epoxide rings is 1. The van der Waals surface area contributed by atoms with Crippen molar-refractivity contribution in [3.63, 3.8) is 0 Å². The highest BCUT2D eigenvalue weighted by Gasteiger charge is 2.55. The Morgan fingerprint density at radius 3 is 2.44 bits per heavy atom. The Labute approximate surface area is 199 Å². The molecule has 0 saturated carbocycles. The van der Waals surface area contributed by atoms with E-state index in [4.69, 9.17) is 16.3 Å². The van der Waals surface area contributed by atoms with Crippen LogP contribution in [0.25, 0.3) is 0 Å². The molecule has 182 valence electrons. The minimum Gasteiger partial charge on any atom is -0.371 e. The van der Waals surface area contributed by atoms with E-state index in [2.05, 4.69) is 10.2 Å². The minimum atomic E-state index is -4.49. The van der Waals surface area contributed by atoms with E-state index in [0.29, 0.717) is 39.2 Å². The maximum atomic E-state index is 13.5. The van der Waals surface area contributed by atoms with Gasteiger partial charge >= 0.3 is 6.18 Å². The summed E-state index contributed by atoms with van der Waals surface area (Å²) in [6.45, 7) is 1.83. The van der Waals surface area contributed by atoms with Gasteiger partial charge in [-0.2, -0.15) is 13.2 Å². The Kier molecular flexibility index (Phi) is 6.08. The van der Waals surface area contributed by atoms with Gasteiger partial charge in [-0.15, -0.1) is 0 Å². The Balaban J connectivity index is 1.36. The summed E-state index contributed by atoms with van der Waals surface area (Å²) in [6, 6.07) is 9.81. The van der Waals surface area contributed by atoms with Crippen molar-refractivity contribution in [2.75, 3.05) is 26.4 Å².